The van der Waals surface area contributed by atoms with E-state index in [1.807, 2.05) is 12.2 Å². The number of hydrogen-bond acceptors (Lipinski definition) is 3. The average molecular weight is 279 g/mol. The Labute approximate surface area is 118 Å². The van der Waals surface area contributed by atoms with Gasteiger partial charge in [-0.1, -0.05) is 12.2 Å². The Kier molecular flexibility index (Phi) is 3.32. The molecule has 1 saturated heterocycles. The van der Waals surface area contributed by atoms with Gasteiger partial charge in [0.2, 0.25) is 5.91 Å². The van der Waals surface area contributed by atoms with E-state index >= 15 is 0 Å². The molecule has 6 atom stereocenters. The molecule has 5 heteroatoms. The van der Waals surface area contributed by atoms with Crippen molar-refractivity contribution in [1.29, 1.82) is 0 Å². The number of rotatable bonds is 3. The quantitative estimate of drug-likeness (QED) is 0.747. The lowest BCUT2D eigenvalue weighted by Crippen LogP contribution is -2.42. The van der Waals surface area contributed by atoms with E-state index in [9.17, 15) is 19.8 Å². The number of allylic oxidation sites excluding steroid dienone is 2. The molecule has 1 amide bonds. The largest absolute Gasteiger partial charge is 0.481 e. The first kappa shape index (κ1) is 13.6. The number of amides is 1. The van der Waals surface area contributed by atoms with Gasteiger partial charge in [-0.2, -0.15) is 0 Å². The second-order valence-electron chi connectivity index (χ2n) is 6.41. The van der Waals surface area contributed by atoms with Crippen LogP contribution in [-0.4, -0.2) is 46.2 Å². The monoisotopic (exact) mass is 279 g/mol. The van der Waals surface area contributed by atoms with Crippen molar-refractivity contribution in [1.82, 2.24) is 4.90 Å². The van der Waals surface area contributed by atoms with Crippen LogP contribution in [0.1, 0.15) is 19.8 Å². The fraction of sp³-hybridized carbons (Fsp3) is 0.733. The van der Waals surface area contributed by atoms with E-state index < -0.39 is 23.9 Å². The Balaban J connectivity index is 1.74. The van der Waals surface area contributed by atoms with Crippen molar-refractivity contribution >= 4 is 11.9 Å². The molecule has 3 aliphatic rings. The highest BCUT2D eigenvalue weighted by atomic mass is 16.4. The van der Waals surface area contributed by atoms with Gasteiger partial charge in [0.1, 0.15) is 0 Å². The number of fused-ring (bicyclic) bond motifs is 2. The molecule has 1 saturated carbocycles. The zero-order chi connectivity index (χ0) is 14.4. The highest BCUT2D eigenvalue weighted by molar-refractivity contribution is 5.87. The third kappa shape index (κ3) is 2.04. The third-order valence-electron chi connectivity index (χ3n) is 5.25. The molecule has 0 radical (unpaired) electrons. The molecule has 3 rings (SSSR count). The van der Waals surface area contributed by atoms with E-state index in [1.165, 1.54) is 0 Å². The van der Waals surface area contributed by atoms with Crippen molar-refractivity contribution in [3.63, 3.8) is 0 Å². The molecular formula is C15H21NO4. The number of carbonyl (C=O) groups is 2. The van der Waals surface area contributed by atoms with Crippen molar-refractivity contribution in [2.45, 2.75) is 25.9 Å². The summed E-state index contributed by atoms with van der Waals surface area (Å²) in [5.41, 5.74) is 0. The number of nitrogens with zero attached hydrogens (tertiary/aromatic N) is 1. The molecule has 2 N–H and O–H groups in total. The standard InChI is InChI=1S/C15H21NO4/c1-8(17)11-4-5-16(7-11)14(18)12-9-2-3-10(6-9)13(12)15(19)20/h2-3,8-13,17H,4-7H2,1H3,(H,19,20)/t8?,9?,10?,11?,12-,13+/m0/s1. The Morgan fingerprint density at radius 1 is 1.25 bits per heavy atom. The van der Waals surface area contributed by atoms with Gasteiger partial charge in [-0.25, -0.2) is 0 Å². The molecule has 110 valence electrons. The Hall–Kier alpha value is -1.36. The van der Waals surface area contributed by atoms with Crippen molar-refractivity contribution < 1.29 is 19.8 Å². The average Bonchev–Trinajstić information content (AvgIpc) is 3.11. The molecule has 2 bridgehead atoms. The molecule has 2 fully saturated rings. The second kappa shape index (κ2) is 4.88. The van der Waals surface area contributed by atoms with E-state index in [2.05, 4.69) is 0 Å². The van der Waals surface area contributed by atoms with Crippen LogP contribution in [0.5, 0.6) is 0 Å². The highest BCUT2D eigenvalue weighted by Crippen LogP contribution is 2.49. The minimum atomic E-state index is -0.855. The summed E-state index contributed by atoms with van der Waals surface area (Å²) >= 11 is 0. The normalized spacial score (nSPS) is 40.3. The summed E-state index contributed by atoms with van der Waals surface area (Å²) in [6, 6.07) is 0. The number of aliphatic hydroxyl groups is 1. The molecule has 4 unspecified atom stereocenters. The van der Waals surface area contributed by atoms with Crippen molar-refractivity contribution in [3.8, 4) is 0 Å². The van der Waals surface area contributed by atoms with Gasteiger partial charge in [0.15, 0.2) is 0 Å². The lowest BCUT2D eigenvalue weighted by atomic mass is 9.82. The Morgan fingerprint density at radius 2 is 1.90 bits per heavy atom. The molecule has 1 heterocycles. The second-order valence-corrected chi connectivity index (χ2v) is 6.41. The van der Waals surface area contributed by atoms with Gasteiger partial charge in [-0.05, 0) is 31.6 Å². The van der Waals surface area contributed by atoms with Crippen LogP contribution in [0.2, 0.25) is 0 Å². The summed E-state index contributed by atoms with van der Waals surface area (Å²) in [5.74, 6) is -1.64. The van der Waals surface area contributed by atoms with Crippen LogP contribution in [0, 0.1) is 29.6 Å². The van der Waals surface area contributed by atoms with Gasteiger partial charge in [-0.3, -0.25) is 9.59 Å². The minimum Gasteiger partial charge on any atom is -0.481 e. The molecule has 2 aliphatic carbocycles. The first-order valence-electron chi connectivity index (χ1n) is 7.37. The Morgan fingerprint density at radius 3 is 2.45 bits per heavy atom. The fourth-order valence-corrected chi connectivity index (χ4v) is 4.09. The van der Waals surface area contributed by atoms with E-state index in [1.54, 1.807) is 11.8 Å². The predicted octanol–water partition coefficient (Wildman–Crippen LogP) is 0.739. The number of carboxylic acid groups (broad SMARTS) is 1. The van der Waals surface area contributed by atoms with Crippen LogP contribution >= 0.6 is 0 Å². The first-order chi connectivity index (χ1) is 9.49. The summed E-state index contributed by atoms with van der Waals surface area (Å²) in [5, 5.41) is 19.0. The molecule has 1 aliphatic heterocycles. The lowest BCUT2D eigenvalue weighted by Gasteiger charge is -2.28. The van der Waals surface area contributed by atoms with Gasteiger partial charge >= 0.3 is 5.97 Å². The first-order valence-corrected chi connectivity index (χ1v) is 7.37. The summed E-state index contributed by atoms with van der Waals surface area (Å²) in [6.07, 6.45) is 5.15. The number of aliphatic hydroxyl groups excluding tert-OH is 1. The van der Waals surface area contributed by atoms with Crippen LogP contribution < -0.4 is 0 Å². The van der Waals surface area contributed by atoms with Crippen LogP contribution in [-0.2, 0) is 9.59 Å². The van der Waals surface area contributed by atoms with Crippen molar-refractivity contribution in [2.24, 2.45) is 29.6 Å². The maximum absolute atomic E-state index is 12.7. The summed E-state index contributed by atoms with van der Waals surface area (Å²) in [6.45, 7) is 2.94. The van der Waals surface area contributed by atoms with Crippen LogP contribution in [0.4, 0.5) is 0 Å². The maximum atomic E-state index is 12.7. The van der Waals surface area contributed by atoms with E-state index in [-0.39, 0.29) is 23.7 Å². The predicted molar refractivity (Wildman–Crippen MR) is 71.7 cm³/mol. The molecule has 5 nitrogen and oxygen atoms in total. The van der Waals surface area contributed by atoms with E-state index in [0.717, 1.165) is 12.8 Å². The number of likely N-dealkylation sites (tertiary alicyclic amines) is 1. The smallest absolute Gasteiger partial charge is 0.307 e. The molecule has 0 aromatic heterocycles. The van der Waals surface area contributed by atoms with Crippen molar-refractivity contribution in [2.75, 3.05) is 13.1 Å². The van der Waals surface area contributed by atoms with Gasteiger partial charge in [0.25, 0.3) is 0 Å². The van der Waals surface area contributed by atoms with Gasteiger partial charge in [0.05, 0.1) is 17.9 Å². The summed E-state index contributed by atoms with van der Waals surface area (Å²) in [4.78, 5) is 25.9. The lowest BCUT2D eigenvalue weighted by molar-refractivity contribution is -0.150. The number of carbonyl (C=O) groups excluding carboxylic acids is 1. The van der Waals surface area contributed by atoms with Crippen LogP contribution in [0.3, 0.4) is 0 Å². The Bertz CT molecular complexity index is 459. The molecule has 20 heavy (non-hydrogen) atoms. The molecular weight excluding hydrogens is 258 g/mol. The van der Waals surface area contributed by atoms with Crippen LogP contribution in [0.15, 0.2) is 12.2 Å². The molecule has 0 aromatic rings. The topological polar surface area (TPSA) is 77.8 Å². The minimum absolute atomic E-state index is 0.0154. The zero-order valence-corrected chi connectivity index (χ0v) is 11.6. The maximum Gasteiger partial charge on any atom is 0.307 e. The summed E-state index contributed by atoms with van der Waals surface area (Å²) < 4.78 is 0. The zero-order valence-electron chi connectivity index (χ0n) is 11.6. The molecule has 0 aromatic carbocycles. The van der Waals surface area contributed by atoms with E-state index in [4.69, 9.17) is 0 Å². The number of carboxylic acids is 1. The van der Waals surface area contributed by atoms with Gasteiger partial charge in [-0.15, -0.1) is 0 Å². The third-order valence-corrected chi connectivity index (χ3v) is 5.25. The van der Waals surface area contributed by atoms with Crippen LogP contribution in [0.25, 0.3) is 0 Å². The fourth-order valence-electron chi connectivity index (χ4n) is 4.09. The number of aliphatic carboxylic acids is 1. The van der Waals surface area contributed by atoms with Crippen molar-refractivity contribution in [3.05, 3.63) is 12.2 Å². The van der Waals surface area contributed by atoms with Gasteiger partial charge < -0.3 is 15.1 Å². The highest BCUT2D eigenvalue weighted by Gasteiger charge is 2.53. The molecule has 0 spiro atoms. The van der Waals surface area contributed by atoms with E-state index in [0.29, 0.717) is 13.1 Å². The summed E-state index contributed by atoms with van der Waals surface area (Å²) in [7, 11) is 0. The van der Waals surface area contributed by atoms with Gasteiger partial charge in [0, 0.05) is 19.0 Å². The SMILES string of the molecule is CC(O)C1CCN(C(=O)[C@H]2C3C=CC(C3)[C@H]2C(=O)O)C1. The number of hydrogen-bond donors (Lipinski definition) is 2.